The third-order valence-corrected chi connectivity index (χ3v) is 4.67. The number of aromatic nitrogens is 5. The molecule has 1 fully saturated rings. The molecule has 1 saturated carbocycles. The van der Waals surface area contributed by atoms with E-state index in [1.54, 1.807) is 24.0 Å². The van der Waals surface area contributed by atoms with Crippen LogP contribution in [-0.4, -0.2) is 38.8 Å². The van der Waals surface area contributed by atoms with E-state index in [1.165, 1.54) is 25.5 Å². The van der Waals surface area contributed by atoms with Crippen LogP contribution in [0.4, 0.5) is 13.2 Å². The van der Waals surface area contributed by atoms with Crippen LogP contribution in [0.25, 0.3) is 16.9 Å². The Balaban J connectivity index is 0.000000217. The molecule has 1 aromatic carbocycles. The predicted molar refractivity (Wildman–Crippen MR) is 105 cm³/mol. The lowest BCUT2D eigenvalue weighted by atomic mass is 10.1. The highest BCUT2D eigenvalue weighted by molar-refractivity contribution is 5.67. The van der Waals surface area contributed by atoms with Gasteiger partial charge in [-0.3, -0.25) is 0 Å². The molecule has 0 saturated heterocycles. The maximum atomic E-state index is 12.0. The molecule has 7 nitrogen and oxygen atoms in total. The summed E-state index contributed by atoms with van der Waals surface area (Å²) in [5, 5.41) is 4.59. The summed E-state index contributed by atoms with van der Waals surface area (Å²) in [5.41, 5.74) is 3.64. The minimum atomic E-state index is -1.16. The van der Waals surface area contributed by atoms with Gasteiger partial charge in [0.1, 0.15) is 5.82 Å². The summed E-state index contributed by atoms with van der Waals surface area (Å²) in [6.45, 7) is 0. The normalized spacial score (nSPS) is 12.9. The molecule has 5 rings (SSSR count). The molecular formula is C21H18F3N5O2. The molecule has 1 aliphatic carbocycles. The largest absolute Gasteiger partial charge is 0.480 e. The fourth-order valence-electron chi connectivity index (χ4n) is 3.02. The molecule has 3 heterocycles. The van der Waals surface area contributed by atoms with E-state index >= 15 is 0 Å². The minimum absolute atomic E-state index is 0.270. The summed E-state index contributed by atoms with van der Waals surface area (Å²) in [7, 11) is 3.10. The topological polar surface area (TPSA) is 74.4 Å². The number of fused-ring (bicyclic) bond motifs is 1. The van der Waals surface area contributed by atoms with Crippen LogP contribution in [0.15, 0.2) is 42.9 Å². The highest BCUT2D eigenvalue weighted by atomic mass is 19.2. The van der Waals surface area contributed by atoms with E-state index in [4.69, 9.17) is 9.47 Å². The zero-order valence-corrected chi connectivity index (χ0v) is 16.7. The van der Waals surface area contributed by atoms with Crippen molar-refractivity contribution in [2.45, 2.75) is 18.8 Å². The molecule has 0 N–H and O–H groups in total. The smallest absolute Gasteiger partial charge is 0.319 e. The van der Waals surface area contributed by atoms with Crippen molar-refractivity contribution in [2.75, 3.05) is 14.2 Å². The standard InChI is InChI=1S/C15H15N5O2.C6H3F3/c1-21-14-11(8-17-15(18-14)22-2)12-7-10(9-3-4-9)13-16-5-6-20(13)19-12;7-4-1-2-5(8)6(9)3-4/h5-9H,3-4H2,1-2H3;1-3H. The number of halogens is 3. The number of hydrogen-bond acceptors (Lipinski definition) is 6. The quantitative estimate of drug-likeness (QED) is 0.453. The first kappa shape index (κ1) is 20.6. The maximum absolute atomic E-state index is 12.0. The zero-order chi connectivity index (χ0) is 22.0. The fraction of sp³-hybridized carbons (Fsp3) is 0.238. The molecule has 0 spiro atoms. The fourth-order valence-corrected chi connectivity index (χ4v) is 3.02. The second-order valence-electron chi connectivity index (χ2n) is 6.79. The molecule has 0 unspecified atom stereocenters. The van der Waals surface area contributed by atoms with Crippen molar-refractivity contribution in [1.82, 2.24) is 24.6 Å². The Labute approximate surface area is 175 Å². The van der Waals surface area contributed by atoms with Gasteiger partial charge in [0, 0.05) is 30.2 Å². The Bertz CT molecular complexity index is 1230. The van der Waals surface area contributed by atoms with Crippen molar-refractivity contribution in [3.05, 3.63) is 65.9 Å². The van der Waals surface area contributed by atoms with Crippen LogP contribution < -0.4 is 9.47 Å². The van der Waals surface area contributed by atoms with E-state index in [9.17, 15) is 13.2 Å². The van der Waals surface area contributed by atoms with Crippen LogP contribution >= 0.6 is 0 Å². The Morgan fingerprint density at radius 3 is 2.45 bits per heavy atom. The van der Waals surface area contributed by atoms with Gasteiger partial charge in [0.25, 0.3) is 0 Å². The van der Waals surface area contributed by atoms with Gasteiger partial charge < -0.3 is 9.47 Å². The van der Waals surface area contributed by atoms with Crippen LogP contribution in [0.1, 0.15) is 24.3 Å². The summed E-state index contributed by atoms with van der Waals surface area (Å²) in [5.74, 6) is -1.95. The van der Waals surface area contributed by atoms with Gasteiger partial charge >= 0.3 is 6.01 Å². The lowest BCUT2D eigenvalue weighted by Gasteiger charge is -2.10. The van der Waals surface area contributed by atoms with E-state index in [2.05, 4.69) is 26.1 Å². The number of rotatable bonds is 4. The van der Waals surface area contributed by atoms with Crippen molar-refractivity contribution < 1.29 is 22.6 Å². The lowest BCUT2D eigenvalue weighted by molar-refractivity contribution is 0.353. The van der Waals surface area contributed by atoms with Crippen molar-refractivity contribution >= 4 is 5.65 Å². The van der Waals surface area contributed by atoms with E-state index in [1.807, 2.05) is 6.20 Å². The minimum Gasteiger partial charge on any atom is -0.480 e. The van der Waals surface area contributed by atoms with Gasteiger partial charge in [-0.25, -0.2) is 27.7 Å². The first-order chi connectivity index (χ1) is 15.0. The number of benzene rings is 1. The molecule has 1 aliphatic rings. The van der Waals surface area contributed by atoms with Crippen LogP contribution in [0, 0.1) is 17.5 Å². The molecule has 160 valence electrons. The molecular weight excluding hydrogens is 411 g/mol. The van der Waals surface area contributed by atoms with E-state index in [0.717, 1.165) is 29.0 Å². The third-order valence-electron chi connectivity index (χ3n) is 4.67. The van der Waals surface area contributed by atoms with E-state index in [-0.39, 0.29) is 6.01 Å². The molecule has 0 bridgehead atoms. The monoisotopic (exact) mass is 429 g/mol. The molecule has 3 aromatic heterocycles. The average Bonchev–Trinajstić information content (AvgIpc) is 3.52. The van der Waals surface area contributed by atoms with Crippen LogP contribution in [0.2, 0.25) is 0 Å². The lowest BCUT2D eigenvalue weighted by Crippen LogP contribution is -2.02. The summed E-state index contributed by atoms with van der Waals surface area (Å²) >= 11 is 0. The Hall–Kier alpha value is -3.69. The third kappa shape index (κ3) is 4.42. The zero-order valence-electron chi connectivity index (χ0n) is 16.7. The summed E-state index contributed by atoms with van der Waals surface area (Å²) in [6.07, 6.45) is 7.68. The summed E-state index contributed by atoms with van der Waals surface area (Å²) < 4.78 is 48.1. The molecule has 0 atom stereocenters. The molecule has 10 heteroatoms. The van der Waals surface area contributed by atoms with Crippen LogP contribution in [-0.2, 0) is 0 Å². The second kappa shape index (κ2) is 8.58. The summed E-state index contributed by atoms with van der Waals surface area (Å²) in [4.78, 5) is 12.8. The number of nitrogens with zero attached hydrogens (tertiary/aromatic N) is 5. The first-order valence-electron chi connectivity index (χ1n) is 9.40. The van der Waals surface area contributed by atoms with Crippen molar-refractivity contribution in [2.24, 2.45) is 0 Å². The van der Waals surface area contributed by atoms with Gasteiger partial charge in [-0.15, -0.1) is 0 Å². The maximum Gasteiger partial charge on any atom is 0.319 e. The van der Waals surface area contributed by atoms with Gasteiger partial charge in [-0.2, -0.15) is 10.1 Å². The van der Waals surface area contributed by atoms with Crippen molar-refractivity contribution in [3.8, 4) is 23.1 Å². The Morgan fingerprint density at radius 1 is 1.00 bits per heavy atom. The molecule has 0 radical (unpaired) electrons. The van der Waals surface area contributed by atoms with Crippen molar-refractivity contribution in [1.29, 1.82) is 0 Å². The van der Waals surface area contributed by atoms with E-state index in [0.29, 0.717) is 17.9 Å². The highest BCUT2D eigenvalue weighted by Gasteiger charge is 2.28. The van der Waals surface area contributed by atoms with Crippen molar-refractivity contribution in [3.63, 3.8) is 0 Å². The Morgan fingerprint density at radius 2 is 1.81 bits per heavy atom. The Kier molecular flexibility index (Phi) is 5.70. The number of hydrogen-bond donors (Lipinski definition) is 0. The number of ether oxygens (including phenoxy) is 2. The number of methoxy groups -OCH3 is 2. The highest BCUT2D eigenvalue weighted by Crippen LogP contribution is 2.43. The van der Waals surface area contributed by atoms with Gasteiger partial charge in [-0.05, 0) is 37.0 Å². The van der Waals surface area contributed by atoms with Gasteiger partial charge in [0.15, 0.2) is 17.3 Å². The second-order valence-corrected chi connectivity index (χ2v) is 6.79. The summed E-state index contributed by atoms with van der Waals surface area (Å²) in [6, 6.07) is 4.43. The van der Waals surface area contributed by atoms with Gasteiger partial charge in [0.05, 0.1) is 25.5 Å². The van der Waals surface area contributed by atoms with E-state index < -0.39 is 17.5 Å². The first-order valence-corrected chi connectivity index (χ1v) is 9.40. The SMILES string of the molecule is COc1ncc(-c2cc(C3CC3)c3nccn3n2)c(OC)n1.Fc1ccc(F)c(F)c1. The molecule has 31 heavy (non-hydrogen) atoms. The molecule has 4 aromatic rings. The van der Waals surface area contributed by atoms with Gasteiger partial charge in [-0.1, -0.05) is 0 Å². The van der Waals surface area contributed by atoms with Crippen LogP contribution in [0.3, 0.4) is 0 Å². The van der Waals surface area contributed by atoms with Crippen LogP contribution in [0.5, 0.6) is 11.9 Å². The molecule has 0 amide bonds. The average molecular weight is 429 g/mol. The number of imidazole rings is 1. The van der Waals surface area contributed by atoms with Gasteiger partial charge in [0.2, 0.25) is 5.88 Å². The predicted octanol–water partition coefficient (Wildman–Crippen LogP) is 4.18. The molecule has 0 aliphatic heterocycles.